The molecule has 100 valence electrons. The van der Waals surface area contributed by atoms with Crippen molar-refractivity contribution in [3.8, 4) is 0 Å². The molecule has 19 heavy (non-hydrogen) atoms. The Labute approximate surface area is 118 Å². The Morgan fingerprint density at radius 3 is 2.79 bits per heavy atom. The van der Waals surface area contributed by atoms with Crippen LogP contribution in [0.15, 0.2) is 36.5 Å². The van der Waals surface area contributed by atoms with Crippen LogP contribution in [0.2, 0.25) is 5.28 Å². The first kappa shape index (κ1) is 13.6. The third-order valence-corrected chi connectivity index (χ3v) is 3.21. The lowest BCUT2D eigenvalue weighted by atomic mass is 9.98. The third-order valence-electron chi connectivity index (χ3n) is 3.03. The number of aromatic nitrogens is 2. The minimum absolute atomic E-state index is 0.202. The average Bonchev–Trinajstić information content (AvgIpc) is 2.43. The van der Waals surface area contributed by atoms with Crippen LogP contribution < -0.4 is 11.1 Å². The van der Waals surface area contributed by atoms with Crippen LogP contribution in [0.5, 0.6) is 0 Å². The summed E-state index contributed by atoms with van der Waals surface area (Å²) in [5.41, 5.74) is 7.61. The van der Waals surface area contributed by atoms with E-state index in [-0.39, 0.29) is 5.28 Å². The number of nitrogens with one attached hydrogen (secondary N) is 1. The van der Waals surface area contributed by atoms with Gasteiger partial charge in [-0.25, -0.2) is 4.98 Å². The summed E-state index contributed by atoms with van der Waals surface area (Å²) >= 11 is 5.74. The van der Waals surface area contributed by atoms with Gasteiger partial charge in [0.15, 0.2) is 5.82 Å². The Morgan fingerprint density at radius 1 is 1.32 bits per heavy atom. The topological polar surface area (TPSA) is 63.8 Å². The second-order valence-electron chi connectivity index (χ2n) is 4.47. The van der Waals surface area contributed by atoms with Gasteiger partial charge in [0, 0.05) is 6.54 Å². The van der Waals surface area contributed by atoms with Gasteiger partial charge in [-0.15, -0.1) is 0 Å². The second kappa shape index (κ2) is 6.38. The highest BCUT2D eigenvalue weighted by atomic mass is 35.5. The SMILES string of the molecule is CC(CCNc1nc(Cl)ncc1N)c1ccccc1. The van der Waals surface area contributed by atoms with Crippen molar-refractivity contribution in [1.29, 1.82) is 0 Å². The van der Waals surface area contributed by atoms with Crippen molar-refractivity contribution in [3.63, 3.8) is 0 Å². The molecule has 2 rings (SSSR count). The van der Waals surface area contributed by atoms with Crippen molar-refractivity contribution >= 4 is 23.1 Å². The molecular formula is C14H17ClN4. The van der Waals surface area contributed by atoms with Crippen molar-refractivity contribution in [2.75, 3.05) is 17.6 Å². The van der Waals surface area contributed by atoms with Crippen LogP contribution >= 0.6 is 11.6 Å². The molecule has 0 saturated carbocycles. The summed E-state index contributed by atoms with van der Waals surface area (Å²) in [6.45, 7) is 2.99. The van der Waals surface area contributed by atoms with Crippen LogP contribution in [0, 0.1) is 0 Å². The largest absolute Gasteiger partial charge is 0.394 e. The van der Waals surface area contributed by atoms with E-state index < -0.39 is 0 Å². The fourth-order valence-electron chi connectivity index (χ4n) is 1.87. The number of rotatable bonds is 5. The zero-order valence-electron chi connectivity index (χ0n) is 10.8. The summed E-state index contributed by atoms with van der Waals surface area (Å²) in [6.07, 6.45) is 2.50. The van der Waals surface area contributed by atoms with E-state index in [9.17, 15) is 0 Å². The van der Waals surface area contributed by atoms with Crippen molar-refractivity contribution < 1.29 is 0 Å². The van der Waals surface area contributed by atoms with Crippen molar-refractivity contribution in [3.05, 3.63) is 47.4 Å². The van der Waals surface area contributed by atoms with Crippen LogP contribution in [0.4, 0.5) is 11.5 Å². The molecule has 3 N–H and O–H groups in total. The van der Waals surface area contributed by atoms with Crippen LogP contribution in [0.1, 0.15) is 24.8 Å². The number of anilines is 2. The van der Waals surface area contributed by atoms with Crippen LogP contribution in [0.25, 0.3) is 0 Å². The van der Waals surface area contributed by atoms with E-state index in [4.69, 9.17) is 17.3 Å². The van der Waals surface area contributed by atoms with Gasteiger partial charge in [-0.3, -0.25) is 0 Å². The Hall–Kier alpha value is -1.81. The monoisotopic (exact) mass is 276 g/mol. The molecule has 1 aromatic heterocycles. The average molecular weight is 277 g/mol. The number of hydrogen-bond donors (Lipinski definition) is 2. The number of benzene rings is 1. The highest BCUT2D eigenvalue weighted by Crippen LogP contribution is 2.20. The summed E-state index contributed by atoms with van der Waals surface area (Å²) in [4.78, 5) is 7.88. The maximum atomic E-state index is 5.77. The highest BCUT2D eigenvalue weighted by Gasteiger charge is 2.06. The summed E-state index contributed by atoms with van der Waals surface area (Å²) in [7, 11) is 0. The highest BCUT2D eigenvalue weighted by molar-refractivity contribution is 6.28. The molecule has 5 heteroatoms. The van der Waals surface area contributed by atoms with Crippen LogP contribution in [-0.4, -0.2) is 16.5 Å². The van der Waals surface area contributed by atoms with Gasteiger partial charge in [-0.05, 0) is 29.5 Å². The van der Waals surface area contributed by atoms with Gasteiger partial charge < -0.3 is 11.1 Å². The van der Waals surface area contributed by atoms with E-state index in [1.54, 1.807) is 0 Å². The Bertz CT molecular complexity index is 530. The zero-order chi connectivity index (χ0) is 13.7. The van der Waals surface area contributed by atoms with Gasteiger partial charge in [-0.1, -0.05) is 37.3 Å². The van der Waals surface area contributed by atoms with Gasteiger partial charge in [0.05, 0.1) is 11.9 Å². The quantitative estimate of drug-likeness (QED) is 0.823. The number of nitrogen functional groups attached to an aromatic ring is 1. The van der Waals surface area contributed by atoms with E-state index in [0.717, 1.165) is 13.0 Å². The molecule has 0 amide bonds. The molecule has 0 aliphatic heterocycles. The van der Waals surface area contributed by atoms with Gasteiger partial charge in [0.25, 0.3) is 0 Å². The van der Waals surface area contributed by atoms with E-state index in [1.807, 2.05) is 6.07 Å². The van der Waals surface area contributed by atoms with Crippen molar-refractivity contribution in [2.45, 2.75) is 19.3 Å². The number of halogens is 1. The lowest BCUT2D eigenvalue weighted by Gasteiger charge is -2.13. The molecule has 0 saturated heterocycles. The Morgan fingerprint density at radius 2 is 2.05 bits per heavy atom. The number of nitrogens with zero attached hydrogens (tertiary/aromatic N) is 2. The zero-order valence-corrected chi connectivity index (χ0v) is 11.6. The minimum Gasteiger partial charge on any atom is -0.394 e. The van der Waals surface area contributed by atoms with Gasteiger partial charge in [0.2, 0.25) is 5.28 Å². The third kappa shape index (κ3) is 3.83. The minimum atomic E-state index is 0.202. The summed E-state index contributed by atoms with van der Waals surface area (Å²) in [5.74, 6) is 1.08. The Balaban J connectivity index is 1.88. The lowest BCUT2D eigenvalue weighted by Crippen LogP contribution is -2.09. The van der Waals surface area contributed by atoms with Gasteiger partial charge >= 0.3 is 0 Å². The molecule has 2 aromatic rings. The van der Waals surface area contributed by atoms with E-state index in [2.05, 4.69) is 46.5 Å². The fourth-order valence-corrected chi connectivity index (χ4v) is 2.00. The molecule has 1 aromatic carbocycles. The standard InChI is InChI=1S/C14H17ClN4/c1-10(11-5-3-2-4-6-11)7-8-17-13-12(16)9-18-14(15)19-13/h2-6,9-10H,7-8,16H2,1H3,(H,17,18,19). The molecule has 0 fully saturated rings. The molecule has 0 aliphatic carbocycles. The first-order valence-corrected chi connectivity index (χ1v) is 6.61. The van der Waals surface area contributed by atoms with Gasteiger partial charge in [0.1, 0.15) is 0 Å². The summed E-state index contributed by atoms with van der Waals surface area (Å²) in [5, 5.41) is 3.40. The Kier molecular flexibility index (Phi) is 4.58. The first-order valence-electron chi connectivity index (χ1n) is 6.23. The fraction of sp³-hybridized carbons (Fsp3) is 0.286. The maximum Gasteiger partial charge on any atom is 0.224 e. The normalized spacial score (nSPS) is 12.1. The molecular weight excluding hydrogens is 260 g/mol. The van der Waals surface area contributed by atoms with Crippen molar-refractivity contribution in [1.82, 2.24) is 9.97 Å². The predicted molar refractivity (Wildman–Crippen MR) is 79.4 cm³/mol. The van der Waals surface area contributed by atoms with E-state index in [0.29, 0.717) is 17.4 Å². The molecule has 0 radical (unpaired) electrons. The lowest BCUT2D eigenvalue weighted by molar-refractivity contribution is 0.705. The first-order chi connectivity index (χ1) is 9.16. The second-order valence-corrected chi connectivity index (χ2v) is 4.81. The summed E-state index contributed by atoms with van der Waals surface area (Å²) in [6, 6.07) is 10.4. The molecule has 1 atom stereocenters. The molecule has 0 bridgehead atoms. The number of nitrogens with two attached hydrogens (primary N) is 1. The van der Waals surface area contributed by atoms with E-state index >= 15 is 0 Å². The molecule has 4 nitrogen and oxygen atoms in total. The van der Waals surface area contributed by atoms with Crippen molar-refractivity contribution in [2.24, 2.45) is 0 Å². The van der Waals surface area contributed by atoms with Gasteiger partial charge in [-0.2, -0.15) is 4.98 Å². The number of hydrogen-bond acceptors (Lipinski definition) is 4. The smallest absolute Gasteiger partial charge is 0.224 e. The van der Waals surface area contributed by atoms with Crippen LogP contribution in [-0.2, 0) is 0 Å². The molecule has 0 spiro atoms. The molecule has 1 heterocycles. The maximum absolute atomic E-state index is 5.77. The molecule has 0 aliphatic rings. The van der Waals surface area contributed by atoms with Crippen LogP contribution in [0.3, 0.4) is 0 Å². The van der Waals surface area contributed by atoms with E-state index in [1.165, 1.54) is 11.8 Å². The molecule has 1 unspecified atom stereocenters. The summed E-state index contributed by atoms with van der Waals surface area (Å²) < 4.78 is 0. The predicted octanol–water partition coefficient (Wildman–Crippen LogP) is 3.32.